The van der Waals surface area contributed by atoms with Gasteiger partial charge in [-0.15, -0.1) is 0 Å². The highest BCUT2D eigenvalue weighted by atomic mass is 32.2. The van der Waals surface area contributed by atoms with Crippen LogP contribution in [0.3, 0.4) is 0 Å². The fraction of sp³-hybridized carbons (Fsp3) is 0.533. The maximum absolute atomic E-state index is 12.6. The first kappa shape index (κ1) is 14.3. The molecule has 1 aliphatic heterocycles. The first-order valence-electron chi connectivity index (χ1n) is 6.74. The molecule has 104 valence electrons. The molecule has 2 unspecified atom stereocenters. The molecule has 0 bridgehead atoms. The van der Waals surface area contributed by atoms with E-state index in [4.69, 9.17) is 4.74 Å². The molecule has 0 aliphatic carbocycles. The Bertz CT molecular complexity index is 432. The zero-order valence-electron chi connectivity index (χ0n) is 11.8. The van der Waals surface area contributed by atoms with Gasteiger partial charge in [0, 0.05) is 29.2 Å². The summed E-state index contributed by atoms with van der Waals surface area (Å²) in [5.74, 6) is 1.95. The van der Waals surface area contributed by atoms with Crippen LogP contribution in [-0.4, -0.2) is 41.5 Å². The number of benzene rings is 1. The molecule has 0 spiro atoms. The van der Waals surface area contributed by atoms with Gasteiger partial charge < -0.3 is 9.64 Å². The van der Waals surface area contributed by atoms with E-state index in [1.54, 1.807) is 7.11 Å². The highest BCUT2D eigenvalue weighted by Gasteiger charge is 2.31. The monoisotopic (exact) mass is 279 g/mol. The summed E-state index contributed by atoms with van der Waals surface area (Å²) in [5, 5.41) is 0.515. The third-order valence-corrected chi connectivity index (χ3v) is 4.93. The van der Waals surface area contributed by atoms with Crippen LogP contribution in [0.5, 0.6) is 5.75 Å². The summed E-state index contributed by atoms with van der Waals surface area (Å²) < 4.78 is 5.13. The molecule has 1 fully saturated rings. The van der Waals surface area contributed by atoms with Gasteiger partial charge in [0.15, 0.2) is 0 Å². The molecule has 19 heavy (non-hydrogen) atoms. The van der Waals surface area contributed by atoms with Crippen LogP contribution >= 0.6 is 11.8 Å². The van der Waals surface area contributed by atoms with Gasteiger partial charge in [-0.2, -0.15) is 11.8 Å². The summed E-state index contributed by atoms with van der Waals surface area (Å²) in [6.45, 7) is 5.21. The van der Waals surface area contributed by atoms with Crippen molar-refractivity contribution < 1.29 is 9.53 Å². The van der Waals surface area contributed by atoms with Crippen molar-refractivity contribution in [3.05, 3.63) is 29.8 Å². The van der Waals surface area contributed by atoms with Gasteiger partial charge in [0.05, 0.1) is 7.11 Å². The summed E-state index contributed by atoms with van der Waals surface area (Å²) in [6, 6.07) is 7.72. The maximum atomic E-state index is 12.6. The van der Waals surface area contributed by atoms with Crippen molar-refractivity contribution in [3.8, 4) is 5.75 Å². The Hall–Kier alpha value is -1.16. The van der Waals surface area contributed by atoms with E-state index in [-0.39, 0.29) is 5.91 Å². The van der Waals surface area contributed by atoms with Crippen molar-refractivity contribution in [3.63, 3.8) is 0 Å². The molecule has 1 heterocycles. The van der Waals surface area contributed by atoms with Crippen LogP contribution in [0.4, 0.5) is 0 Å². The predicted octanol–water partition coefficient (Wildman–Crippen LogP) is 3.05. The third kappa shape index (κ3) is 3.06. The smallest absolute Gasteiger partial charge is 0.254 e. The summed E-state index contributed by atoms with van der Waals surface area (Å²) in [7, 11) is 1.63. The minimum absolute atomic E-state index is 0.140. The average Bonchev–Trinajstić information content (AvgIpc) is 2.46. The number of thioether (sulfide) groups is 1. The van der Waals surface area contributed by atoms with Gasteiger partial charge in [-0.1, -0.05) is 13.8 Å². The number of rotatable bonds is 3. The second-order valence-electron chi connectivity index (χ2n) is 4.78. The normalized spacial score (nSPS) is 23.2. The molecule has 0 saturated carbocycles. The van der Waals surface area contributed by atoms with Crippen LogP contribution in [0.2, 0.25) is 0 Å². The molecule has 0 aromatic heterocycles. The zero-order chi connectivity index (χ0) is 13.8. The Morgan fingerprint density at radius 3 is 2.68 bits per heavy atom. The number of carbonyl (C=O) groups excluding carboxylic acids is 1. The molecule has 1 amide bonds. The molecular formula is C15H21NO2S. The van der Waals surface area contributed by atoms with E-state index >= 15 is 0 Å². The van der Waals surface area contributed by atoms with Crippen LogP contribution in [0.1, 0.15) is 30.6 Å². The second-order valence-corrected chi connectivity index (χ2v) is 6.26. The lowest BCUT2D eigenvalue weighted by atomic mass is 10.1. The van der Waals surface area contributed by atoms with Crippen LogP contribution in [0, 0.1) is 0 Å². The Morgan fingerprint density at radius 2 is 2.11 bits per heavy atom. The van der Waals surface area contributed by atoms with Crippen LogP contribution < -0.4 is 4.74 Å². The SMILES string of the molecule is CCC1C(C)SCCN1C(=O)c1ccc(OC)cc1. The molecule has 2 rings (SSSR count). The maximum Gasteiger partial charge on any atom is 0.254 e. The average molecular weight is 279 g/mol. The van der Waals surface area contributed by atoms with E-state index in [9.17, 15) is 4.79 Å². The van der Waals surface area contributed by atoms with Crippen molar-refractivity contribution in [2.45, 2.75) is 31.6 Å². The zero-order valence-corrected chi connectivity index (χ0v) is 12.6. The van der Waals surface area contributed by atoms with Gasteiger partial charge in [-0.05, 0) is 30.7 Å². The Balaban J connectivity index is 2.16. The number of amides is 1. The molecule has 1 aliphatic rings. The first-order chi connectivity index (χ1) is 9.17. The molecule has 3 nitrogen and oxygen atoms in total. The van der Waals surface area contributed by atoms with Gasteiger partial charge in [-0.3, -0.25) is 4.79 Å². The van der Waals surface area contributed by atoms with Crippen molar-refractivity contribution in [1.29, 1.82) is 0 Å². The number of carbonyl (C=O) groups is 1. The van der Waals surface area contributed by atoms with Gasteiger partial charge in [-0.25, -0.2) is 0 Å². The molecule has 1 aromatic carbocycles. The van der Waals surface area contributed by atoms with E-state index in [0.717, 1.165) is 30.0 Å². The summed E-state index contributed by atoms with van der Waals surface area (Å²) in [6.07, 6.45) is 1.01. The molecule has 1 saturated heterocycles. The second kappa shape index (κ2) is 6.33. The van der Waals surface area contributed by atoms with Crippen molar-refractivity contribution >= 4 is 17.7 Å². The largest absolute Gasteiger partial charge is 0.497 e. The lowest BCUT2D eigenvalue weighted by Crippen LogP contribution is -2.49. The Labute approximate surface area is 119 Å². The van der Waals surface area contributed by atoms with Crippen molar-refractivity contribution in [1.82, 2.24) is 4.90 Å². The third-order valence-electron chi connectivity index (χ3n) is 3.67. The summed E-state index contributed by atoms with van der Waals surface area (Å²) in [4.78, 5) is 14.6. The van der Waals surface area contributed by atoms with Crippen LogP contribution in [0.15, 0.2) is 24.3 Å². The minimum Gasteiger partial charge on any atom is -0.497 e. The standard InChI is InChI=1S/C15H21NO2S/c1-4-14-11(2)19-10-9-16(14)15(17)12-5-7-13(18-3)8-6-12/h5-8,11,14H,4,9-10H2,1-3H3. The van der Waals surface area contributed by atoms with Gasteiger partial charge in [0.2, 0.25) is 0 Å². The van der Waals surface area contributed by atoms with Gasteiger partial charge >= 0.3 is 0 Å². The Kier molecular flexibility index (Phi) is 4.75. The highest BCUT2D eigenvalue weighted by molar-refractivity contribution is 8.00. The highest BCUT2D eigenvalue weighted by Crippen LogP contribution is 2.28. The number of ether oxygens (including phenoxy) is 1. The quantitative estimate of drug-likeness (QED) is 0.851. The van der Waals surface area contributed by atoms with Gasteiger partial charge in [0.1, 0.15) is 5.75 Å². The number of hydrogen-bond donors (Lipinski definition) is 0. The van der Waals surface area contributed by atoms with E-state index in [0.29, 0.717) is 11.3 Å². The lowest BCUT2D eigenvalue weighted by molar-refractivity contribution is 0.0678. The molecule has 0 N–H and O–H groups in total. The number of hydrogen-bond acceptors (Lipinski definition) is 3. The molecule has 0 radical (unpaired) electrons. The Morgan fingerprint density at radius 1 is 1.42 bits per heavy atom. The summed E-state index contributed by atoms with van der Waals surface area (Å²) in [5.41, 5.74) is 0.748. The summed E-state index contributed by atoms with van der Waals surface area (Å²) >= 11 is 1.96. The first-order valence-corrected chi connectivity index (χ1v) is 7.79. The molecule has 2 atom stereocenters. The van der Waals surface area contributed by atoms with Crippen LogP contribution in [-0.2, 0) is 0 Å². The van der Waals surface area contributed by atoms with E-state index in [1.807, 2.05) is 40.9 Å². The van der Waals surface area contributed by atoms with E-state index < -0.39 is 0 Å². The topological polar surface area (TPSA) is 29.5 Å². The van der Waals surface area contributed by atoms with E-state index in [1.165, 1.54) is 0 Å². The molecule has 4 heteroatoms. The minimum atomic E-state index is 0.140. The van der Waals surface area contributed by atoms with Gasteiger partial charge in [0.25, 0.3) is 5.91 Å². The van der Waals surface area contributed by atoms with E-state index in [2.05, 4.69) is 13.8 Å². The fourth-order valence-electron chi connectivity index (χ4n) is 2.57. The van der Waals surface area contributed by atoms with Crippen molar-refractivity contribution in [2.75, 3.05) is 19.4 Å². The number of methoxy groups -OCH3 is 1. The molecule has 1 aromatic rings. The number of nitrogens with zero attached hydrogens (tertiary/aromatic N) is 1. The predicted molar refractivity (Wildman–Crippen MR) is 80.0 cm³/mol. The van der Waals surface area contributed by atoms with Crippen LogP contribution in [0.25, 0.3) is 0 Å². The molecular weight excluding hydrogens is 258 g/mol. The van der Waals surface area contributed by atoms with Crippen molar-refractivity contribution in [2.24, 2.45) is 0 Å². The fourth-order valence-corrected chi connectivity index (χ4v) is 3.81. The lowest BCUT2D eigenvalue weighted by Gasteiger charge is -2.39.